The van der Waals surface area contributed by atoms with Gasteiger partial charge in [0.1, 0.15) is 17.5 Å². The van der Waals surface area contributed by atoms with E-state index >= 15 is 0 Å². The number of aromatic nitrogens is 1. The zero-order valence-corrected chi connectivity index (χ0v) is 13.2. The molecule has 112 valence electrons. The summed E-state index contributed by atoms with van der Waals surface area (Å²) < 4.78 is 0. The third kappa shape index (κ3) is 2.67. The molecule has 3 heteroatoms. The Morgan fingerprint density at radius 2 is 1.57 bits per heavy atom. The van der Waals surface area contributed by atoms with E-state index in [1.165, 1.54) is 5.56 Å². The fourth-order valence-electron chi connectivity index (χ4n) is 2.77. The second-order valence-corrected chi connectivity index (χ2v) is 5.56. The van der Waals surface area contributed by atoms with Crippen molar-refractivity contribution in [3.05, 3.63) is 71.3 Å². The van der Waals surface area contributed by atoms with Crippen molar-refractivity contribution in [1.82, 2.24) is 4.98 Å². The molecule has 0 aliphatic carbocycles. The third-order valence-electron chi connectivity index (χ3n) is 3.97. The summed E-state index contributed by atoms with van der Waals surface area (Å²) in [5, 5.41) is 9.53. The van der Waals surface area contributed by atoms with Gasteiger partial charge in [0.15, 0.2) is 0 Å². The fraction of sp³-hybridized carbons (Fsp3) is 0.100. The summed E-state index contributed by atoms with van der Waals surface area (Å²) in [5.41, 5.74) is 12.3. The second kappa shape index (κ2) is 5.94. The molecule has 3 aromatic rings. The van der Waals surface area contributed by atoms with Gasteiger partial charge >= 0.3 is 0 Å². The van der Waals surface area contributed by atoms with Gasteiger partial charge in [0.25, 0.3) is 0 Å². The molecule has 0 fully saturated rings. The minimum atomic E-state index is 0.271. The fourth-order valence-corrected chi connectivity index (χ4v) is 2.77. The van der Waals surface area contributed by atoms with Gasteiger partial charge in [-0.1, -0.05) is 60.2 Å². The number of aryl methyl sites for hydroxylation is 1. The third-order valence-corrected chi connectivity index (χ3v) is 3.97. The van der Waals surface area contributed by atoms with Crippen molar-refractivity contribution in [1.29, 1.82) is 5.26 Å². The maximum atomic E-state index is 9.53. The molecule has 0 spiro atoms. The Labute approximate surface area is 136 Å². The smallest absolute Gasteiger partial charge is 0.142 e. The summed E-state index contributed by atoms with van der Waals surface area (Å²) in [6.07, 6.45) is 0. The molecule has 0 aliphatic heterocycles. The van der Waals surface area contributed by atoms with Gasteiger partial charge in [0, 0.05) is 11.1 Å². The standard InChI is InChI=1S/C20H17N3/c1-13-8-10-15(11-9-13)18-14(2)19(16-6-4-3-5-7-16)23-20(22)17(18)12-21/h3-11H,1-2H3,(H2,22,23). The number of nitrogens with two attached hydrogens (primary N) is 1. The quantitative estimate of drug-likeness (QED) is 0.758. The number of nitriles is 1. The molecule has 0 saturated heterocycles. The largest absolute Gasteiger partial charge is 0.383 e. The van der Waals surface area contributed by atoms with Crippen molar-refractivity contribution in [2.45, 2.75) is 13.8 Å². The summed E-state index contributed by atoms with van der Waals surface area (Å²) in [6.45, 7) is 4.03. The Kier molecular flexibility index (Phi) is 3.82. The van der Waals surface area contributed by atoms with Crippen molar-refractivity contribution in [3.63, 3.8) is 0 Å². The van der Waals surface area contributed by atoms with E-state index in [-0.39, 0.29) is 5.82 Å². The Morgan fingerprint density at radius 3 is 2.17 bits per heavy atom. The van der Waals surface area contributed by atoms with Crippen LogP contribution in [0.5, 0.6) is 0 Å². The molecule has 0 amide bonds. The average molecular weight is 299 g/mol. The molecule has 3 rings (SSSR count). The first-order valence-corrected chi connectivity index (χ1v) is 7.44. The minimum Gasteiger partial charge on any atom is -0.383 e. The predicted molar refractivity (Wildman–Crippen MR) is 93.7 cm³/mol. The first-order valence-electron chi connectivity index (χ1n) is 7.44. The maximum absolute atomic E-state index is 9.53. The van der Waals surface area contributed by atoms with Gasteiger partial charge in [-0.25, -0.2) is 4.98 Å². The lowest BCUT2D eigenvalue weighted by Gasteiger charge is -2.15. The molecule has 0 radical (unpaired) electrons. The molecular weight excluding hydrogens is 282 g/mol. The normalized spacial score (nSPS) is 10.3. The van der Waals surface area contributed by atoms with E-state index in [9.17, 15) is 5.26 Å². The summed E-state index contributed by atoms with van der Waals surface area (Å²) in [4.78, 5) is 4.47. The van der Waals surface area contributed by atoms with Gasteiger partial charge in [-0.05, 0) is 25.0 Å². The van der Waals surface area contributed by atoms with Crippen LogP contribution in [-0.2, 0) is 0 Å². The van der Waals surface area contributed by atoms with E-state index in [0.717, 1.165) is 27.9 Å². The highest BCUT2D eigenvalue weighted by molar-refractivity contribution is 5.84. The van der Waals surface area contributed by atoms with Gasteiger partial charge < -0.3 is 5.73 Å². The first kappa shape index (κ1) is 14.8. The van der Waals surface area contributed by atoms with E-state index in [1.54, 1.807) is 0 Å². The summed E-state index contributed by atoms with van der Waals surface area (Å²) in [5.74, 6) is 0.271. The van der Waals surface area contributed by atoms with Crippen LogP contribution in [0.25, 0.3) is 22.4 Å². The first-order chi connectivity index (χ1) is 11.1. The predicted octanol–water partition coefficient (Wildman–Crippen LogP) is 4.49. The van der Waals surface area contributed by atoms with Gasteiger partial charge in [0.2, 0.25) is 0 Å². The van der Waals surface area contributed by atoms with E-state index < -0.39 is 0 Å². The summed E-state index contributed by atoms with van der Waals surface area (Å²) >= 11 is 0. The molecule has 23 heavy (non-hydrogen) atoms. The van der Waals surface area contributed by atoms with E-state index in [0.29, 0.717) is 5.56 Å². The van der Waals surface area contributed by atoms with Crippen LogP contribution in [0.3, 0.4) is 0 Å². The maximum Gasteiger partial charge on any atom is 0.142 e. The van der Waals surface area contributed by atoms with Crippen molar-refractivity contribution in [2.24, 2.45) is 0 Å². The molecule has 2 N–H and O–H groups in total. The molecule has 0 aliphatic rings. The molecule has 1 aromatic heterocycles. The van der Waals surface area contributed by atoms with Crippen LogP contribution in [0.4, 0.5) is 5.82 Å². The van der Waals surface area contributed by atoms with Gasteiger partial charge in [-0.15, -0.1) is 0 Å². The number of hydrogen-bond donors (Lipinski definition) is 1. The SMILES string of the molecule is Cc1ccc(-c2c(C)c(-c3ccccc3)nc(N)c2C#N)cc1. The van der Waals surface area contributed by atoms with Crippen LogP contribution in [0, 0.1) is 25.2 Å². The highest BCUT2D eigenvalue weighted by atomic mass is 14.9. The van der Waals surface area contributed by atoms with Crippen LogP contribution in [-0.4, -0.2) is 4.98 Å². The molecule has 1 heterocycles. The number of nitrogen functional groups attached to an aromatic ring is 1. The minimum absolute atomic E-state index is 0.271. The highest BCUT2D eigenvalue weighted by Gasteiger charge is 2.17. The van der Waals surface area contributed by atoms with Crippen LogP contribution in [0.1, 0.15) is 16.7 Å². The number of nitrogens with zero attached hydrogens (tertiary/aromatic N) is 2. The Hall–Kier alpha value is -3.12. The zero-order chi connectivity index (χ0) is 16.4. The summed E-state index contributed by atoms with van der Waals surface area (Å²) in [6, 6.07) is 20.2. The average Bonchev–Trinajstić information content (AvgIpc) is 2.58. The molecule has 0 bridgehead atoms. The number of rotatable bonds is 2. The molecular formula is C20H17N3. The van der Waals surface area contributed by atoms with Crippen LogP contribution in [0.2, 0.25) is 0 Å². The van der Waals surface area contributed by atoms with Gasteiger partial charge in [-0.2, -0.15) is 5.26 Å². The topological polar surface area (TPSA) is 62.7 Å². The number of benzene rings is 2. The molecule has 2 aromatic carbocycles. The lowest BCUT2D eigenvalue weighted by atomic mass is 9.92. The van der Waals surface area contributed by atoms with Crippen LogP contribution in [0.15, 0.2) is 54.6 Å². The van der Waals surface area contributed by atoms with Crippen molar-refractivity contribution >= 4 is 5.82 Å². The summed E-state index contributed by atoms with van der Waals surface area (Å²) in [7, 11) is 0. The van der Waals surface area contributed by atoms with E-state index in [4.69, 9.17) is 5.73 Å². The zero-order valence-electron chi connectivity index (χ0n) is 13.2. The Balaban J connectivity index is 2.32. The van der Waals surface area contributed by atoms with Crippen molar-refractivity contribution in [3.8, 4) is 28.5 Å². The van der Waals surface area contributed by atoms with Crippen molar-refractivity contribution < 1.29 is 0 Å². The second-order valence-electron chi connectivity index (χ2n) is 5.56. The monoisotopic (exact) mass is 299 g/mol. The van der Waals surface area contributed by atoms with Gasteiger partial charge in [-0.3, -0.25) is 0 Å². The lowest BCUT2D eigenvalue weighted by molar-refractivity contribution is 1.26. The number of hydrogen-bond acceptors (Lipinski definition) is 3. The molecule has 0 atom stereocenters. The lowest BCUT2D eigenvalue weighted by Crippen LogP contribution is -2.03. The van der Waals surface area contributed by atoms with E-state index in [1.807, 2.05) is 68.4 Å². The van der Waals surface area contributed by atoms with Crippen LogP contribution >= 0.6 is 0 Å². The molecule has 0 unspecified atom stereocenters. The Morgan fingerprint density at radius 1 is 0.913 bits per heavy atom. The van der Waals surface area contributed by atoms with E-state index in [2.05, 4.69) is 11.1 Å². The van der Waals surface area contributed by atoms with Crippen LogP contribution < -0.4 is 5.73 Å². The number of anilines is 1. The number of pyridine rings is 1. The molecule has 0 saturated carbocycles. The Bertz CT molecular complexity index is 889. The molecule has 3 nitrogen and oxygen atoms in total. The highest BCUT2D eigenvalue weighted by Crippen LogP contribution is 2.35. The van der Waals surface area contributed by atoms with Crippen molar-refractivity contribution in [2.75, 3.05) is 5.73 Å². The van der Waals surface area contributed by atoms with Gasteiger partial charge in [0.05, 0.1) is 5.69 Å².